The second-order valence-electron chi connectivity index (χ2n) is 5.92. The number of pyridine rings is 1. The molecule has 0 atom stereocenters. The first-order valence-corrected chi connectivity index (χ1v) is 7.96. The Labute approximate surface area is 144 Å². The van der Waals surface area contributed by atoms with Crippen LogP contribution in [0.2, 0.25) is 0 Å². The number of fused-ring (bicyclic) bond motifs is 1. The fraction of sp³-hybridized carbons (Fsp3) is 0.235. The van der Waals surface area contributed by atoms with Crippen LogP contribution in [0, 0.1) is 0 Å². The molecule has 4 rings (SSSR count). The van der Waals surface area contributed by atoms with Crippen molar-refractivity contribution < 1.29 is 9.26 Å². The maximum atomic E-state index is 5.40. The maximum Gasteiger partial charge on any atom is 0.263 e. The van der Waals surface area contributed by atoms with Crippen LogP contribution in [0.25, 0.3) is 22.8 Å². The molecule has 0 spiro atoms. The number of anilines is 2. The van der Waals surface area contributed by atoms with Crippen LogP contribution in [0.3, 0.4) is 0 Å². The number of hydrogen-bond acceptors (Lipinski definition) is 8. The Hall–Kier alpha value is -3.13. The molecule has 0 aliphatic carbocycles. The van der Waals surface area contributed by atoms with Gasteiger partial charge in [-0.3, -0.25) is 5.01 Å². The molecule has 0 unspecified atom stereocenters. The van der Waals surface area contributed by atoms with Gasteiger partial charge in [-0.15, -0.1) is 5.53 Å². The molecule has 0 saturated carbocycles. The number of nitrogens with one attached hydrogen (secondary N) is 2. The predicted octanol–water partition coefficient (Wildman–Crippen LogP) is 2.87. The predicted molar refractivity (Wildman–Crippen MR) is 93.9 cm³/mol. The van der Waals surface area contributed by atoms with Crippen LogP contribution < -0.4 is 20.7 Å². The van der Waals surface area contributed by atoms with Gasteiger partial charge in [0.05, 0.1) is 18.5 Å². The summed E-state index contributed by atoms with van der Waals surface area (Å²) in [4.78, 5) is 8.63. The third-order valence-electron chi connectivity index (χ3n) is 3.96. The maximum absolute atomic E-state index is 5.40. The molecule has 8 nitrogen and oxygen atoms in total. The number of hydrogen-bond donors (Lipinski definition) is 2. The van der Waals surface area contributed by atoms with Gasteiger partial charge in [-0.2, -0.15) is 4.98 Å². The molecule has 3 heterocycles. The van der Waals surface area contributed by atoms with Crippen molar-refractivity contribution in [2.24, 2.45) is 0 Å². The summed E-state index contributed by atoms with van der Waals surface area (Å²) >= 11 is 0. The Kier molecular flexibility index (Phi) is 3.73. The van der Waals surface area contributed by atoms with Crippen LogP contribution in [0.4, 0.5) is 11.4 Å². The molecule has 8 heteroatoms. The summed E-state index contributed by atoms with van der Waals surface area (Å²) in [7, 11) is 1.56. The highest BCUT2D eigenvalue weighted by Gasteiger charge is 2.22. The summed E-state index contributed by atoms with van der Waals surface area (Å²) < 4.78 is 10.6. The zero-order valence-electron chi connectivity index (χ0n) is 14.1. The second-order valence-corrected chi connectivity index (χ2v) is 5.92. The van der Waals surface area contributed by atoms with Crippen LogP contribution in [0.1, 0.15) is 13.8 Å². The number of ether oxygens (including phenoxy) is 1. The molecule has 0 amide bonds. The molecule has 3 aromatic rings. The van der Waals surface area contributed by atoms with Gasteiger partial charge >= 0.3 is 0 Å². The van der Waals surface area contributed by atoms with E-state index in [9.17, 15) is 0 Å². The lowest BCUT2D eigenvalue weighted by molar-refractivity contribution is 0.392. The first-order valence-electron chi connectivity index (χ1n) is 7.96. The fourth-order valence-corrected chi connectivity index (χ4v) is 2.74. The topological polar surface area (TPSA) is 88.3 Å². The number of hydrazine groups is 2. The first-order chi connectivity index (χ1) is 12.2. The summed E-state index contributed by atoms with van der Waals surface area (Å²) in [5, 5.41) is 6.14. The third-order valence-corrected chi connectivity index (χ3v) is 3.96. The minimum Gasteiger partial charge on any atom is -0.480 e. The van der Waals surface area contributed by atoms with Gasteiger partial charge in [0.25, 0.3) is 5.89 Å². The van der Waals surface area contributed by atoms with Crippen molar-refractivity contribution in [3.8, 4) is 28.7 Å². The highest BCUT2D eigenvalue weighted by molar-refractivity contribution is 5.78. The van der Waals surface area contributed by atoms with E-state index in [1.54, 1.807) is 19.4 Å². The molecular formula is C17H18N6O2. The van der Waals surface area contributed by atoms with E-state index >= 15 is 0 Å². The normalized spacial score (nSPS) is 13.0. The van der Waals surface area contributed by atoms with E-state index in [4.69, 9.17) is 9.26 Å². The van der Waals surface area contributed by atoms with Crippen LogP contribution in [-0.4, -0.2) is 28.3 Å². The van der Waals surface area contributed by atoms with Crippen LogP contribution in [0.5, 0.6) is 5.88 Å². The van der Waals surface area contributed by atoms with E-state index in [1.807, 2.05) is 24.3 Å². The van der Waals surface area contributed by atoms with Gasteiger partial charge in [0.2, 0.25) is 11.7 Å². The minimum atomic E-state index is 0.328. The summed E-state index contributed by atoms with van der Waals surface area (Å²) in [6.45, 7) is 4.23. The number of nitrogens with zero attached hydrogens (tertiary/aromatic N) is 4. The van der Waals surface area contributed by atoms with Gasteiger partial charge in [-0.25, -0.2) is 4.98 Å². The monoisotopic (exact) mass is 338 g/mol. The molecule has 1 aliphatic rings. The van der Waals surface area contributed by atoms with Gasteiger partial charge < -0.3 is 14.7 Å². The Balaban J connectivity index is 1.67. The molecule has 25 heavy (non-hydrogen) atoms. The summed E-state index contributed by atoms with van der Waals surface area (Å²) in [6.07, 6.45) is 1.65. The molecule has 1 aromatic carbocycles. The van der Waals surface area contributed by atoms with Crippen LogP contribution in [0.15, 0.2) is 41.1 Å². The minimum absolute atomic E-state index is 0.328. The van der Waals surface area contributed by atoms with Crippen molar-refractivity contribution in [3.05, 3.63) is 36.5 Å². The average molecular weight is 338 g/mol. The van der Waals surface area contributed by atoms with Crippen molar-refractivity contribution in [2.45, 2.75) is 19.9 Å². The Morgan fingerprint density at radius 2 is 2.12 bits per heavy atom. The quantitative estimate of drug-likeness (QED) is 0.751. The van der Waals surface area contributed by atoms with E-state index in [2.05, 4.69) is 44.9 Å². The van der Waals surface area contributed by atoms with E-state index in [0.29, 0.717) is 29.2 Å². The first kappa shape index (κ1) is 15.4. The highest BCUT2D eigenvalue weighted by Crippen LogP contribution is 2.34. The number of methoxy groups -OCH3 is 1. The van der Waals surface area contributed by atoms with Crippen molar-refractivity contribution in [2.75, 3.05) is 17.5 Å². The lowest BCUT2D eigenvalue weighted by atomic mass is 10.1. The summed E-state index contributed by atoms with van der Waals surface area (Å²) in [5.74, 6) is 1.33. The Bertz CT molecular complexity index is 908. The number of aromatic nitrogens is 3. The van der Waals surface area contributed by atoms with Crippen molar-refractivity contribution in [1.29, 1.82) is 0 Å². The Morgan fingerprint density at radius 1 is 1.24 bits per heavy atom. The molecule has 2 aromatic heterocycles. The third kappa shape index (κ3) is 2.66. The molecule has 1 aliphatic heterocycles. The van der Waals surface area contributed by atoms with Crippen molar-refractivity contribution in [3.63, 3.8) is 0 Å². The zero-order valence-corrected chi connectivity index (χ0v) is 14.1. The highest BCUT2D eigenvalue weighted by atomic mass is 16.5. The van der Waals surface area contributed by atoms with E-state index < -0.39 is 0 Å². The van der Waals surface area contributed by atoms with Crippen molar-refractivity contribution >= 4 is 11.4 Å². The fourth-order valence-electron chi connectivity index (χ4n) is 2.74. The van der Waals surface area contributed by atoms with Gasteiger partial charge in [0.15, 0.2) is 0 Å². The standard InChI is InChI=1S/C17H18N6O2/c1-10(2)23-14-7-6-11(9-13(14)20-22-23)15-19-17(25-21-15)12-5-4-8-18-16(12)24-3/h4-10,20,22H,1-3H3. The molecule has 128 valence electrons. The molecular weight excluding hydrogens is 320 g/mol. The number of benzene rings is 1. The van der Waals surface area contributed by atoms with Gasteiger partial charge in [0.1, 0.15) is 5.56 Å². The van der Waals surface area contributed by atoms with Gasteiger partial charge in [0, 0.05) is 17.8 Å². The van der Waals surface area contributed by atoms with E-state index in [-0.39, 0.29) is 0 Å². The van der Waals surface area contributed by atoms with E-state index in [1.165, 1.54) is 0 Å². The number of rotatable bonds is 4. The summed E-state index contributed by atoms with van der Waals surface area (Å²) in [5.41, 5.74) is 9.87. The van der Waals surface area contributed by atoms with E-state index in [0.717, 1.165) is 16.9 Å². The lowest BCUT2D eigenvalue weighted by Gasteiger charge is -2.21. The summed E-state index contributed by atoms with van der Waals surface area (Å²) in [6, 6.07) is 9.94. The second kappa shape index (κ2) is 6.06. The molecule has 0 radical (unpaired) electrons. The Morgan fingerprint density at radius 3 is 2.92 bits per heavy atom. The average Bonchev–Trinajstić information content (AvgIpc) is 3.28. The molecule has 0 fully saturated rings. The van der Waals surface area contributed by atoms with Gasteiger partial charge in [-0.05, 0) is 44.2 Å². The molecule has 2 N–H and O–H groups in total. The van der Waals surface area contributed by atoms with Crippen LogP contribution >= 0.6 is 0 Å². The van der Waals surface area contributed by atoms with Crippen LogP contribution in [-0.2, 0) is 0 Å². The largest absolute Gasteiger partial charge is 0.480 e. The molecule has 0 bridgehead atoms. The lowest BCUT2D eigenvalue weighted by Crippen LogP contribution is -2.41. The SMILES string of the molecule is COc1ncccc1-c1nc(-c2ccc3c(c2)NNN3C(C)C)no1. The zero-order chi connectivity index (χ0) is 17.4. The smallest absolute Gasteiger partial charge is 0.263 e. The van der Waals surface area contributed by atoms with Gasteiger partial charge in [-0.1, -0.05) is 5.16 Å². The van der Waals surface area contributed by atoms with Crippen molar-refractivity contribution in [1.82, 2.24) is 20.7 Å². The molecule has 0 saturated heterocycles.